The van der Waals surface area contributed by atoms with Gasteiger partial charge in [0.1, 0.15) is 16.6 Å². The van der Waals surface area contributed by atoms with E-state index in [1.807, 2.05) is 24.8 Å². The van der Waals surface area contributed by atoms with Crippen LogP contribution < -0.4 is 15.6 Å². The van der Waals surface area contributed by atoms with E-state index in [1.165, 1.54) is 25.3 Å². The molecule has 1 atom stereocenters. The average molecular weight is 508 g/mol. The molecule has 5 rings (SSSR count). The summed E-state index contributed by atoms with van der Waals surface area (Å²) < 4.78 is 24.9. The maximum absolute atomic E-state index is 13.7. The van der Waals surface area contributed by atoms with Gasteiger partial charge in [0.15, 0.2) is 11.1 Å². The highest BCUT2D eigenvalue weighted by molar-refractivity contribution is 6.29. The molecule has 3 heterocycles. The monoisotopic (exact) mass is 507 g/mol. The van der Waals surface area contributed by atoms with Crippen LogP contribution in [0.15, 0.2) is 57.7 Å². The Morgan fingerprint density at radius 2 is 1.94 bits per heavy atom. The molecule has 0 radical (unpaired) electrons. The summed E-state index contributed by atoms with van der Waals surface area (Å²) in [4.78, 5) is 31.4. The van der Waals surface area contributed by atoms with Crippen LogP contribution in [0.2, 0.25) is 5.15 Å². The molecule has 0 spiro atoms. The number of nitrogens with one attached hydrogen (secondary N) is 1. The Bertz CT molecular complexity index is 1570. The number of halogens is 2. The molecule has 0 aliphatic carbocycles. The van der Waals surface area contributed by atoms with E-state index in [2.05, 4.69) is 10.3 Å². The van der Waals surface area contributed by atoms with Crippen LogP contribution in [0.5, 0.6) is 0 Å². The number of carbonyl (C=O) groups is 1. The molecule has 1 N–H and O–H groups in total. The molecule has 184 valence electrons. The van der Waals surface area contributed by atoms with Crippen molar-refractivity contribution in [2.75, 3.05) is 17.3 Å². The molecule has 0 saturated heterocycles. The third kappa shape index (κ3) is 4.40. The minimum absolute atomic E-state index is 0.0537. The Hall–Kier alpha value is -3.91. The summed E-state index contributed by atoms with van der Waals surface area (Å²) in [5, 5.41) is 3.89. The van der Waals surface area contributed by atoms with Gasteiger partial charge in [-0.25, -0.2) is 14.2 Å². The van der Waals surface area contributed by atoms with Gasteiger partial charge in [-0.15, -0.1) is 0 Å². The van der Waals surface area contributed by atoms with E-state index in [0.29, 0.717) is 35.6 Å². The Morgan fingerprint density at radius 1 is 1.17 bits per heavy atom. The van der Waals surface area contributed by atoms with E-state index >= 15 is 0 Å². The first-order valence-corrected chi connectivity index (χ1v) is 11.7. The zero-order valence-corrected chi connectivity index (χ0v) is 20.6. The first kappa shape index (κ1) is 23.8. The fourth-order valence-corrected chi connectivity index (χ4v) is 4.68. The molecule has 4 aromatic rings. The molecule has 9 heteroatoms. The standard InChI is InChI=1S/C27H23ClFN3O4/c1-14-8-19(15(2)30-21-6-7-23(28)31-25(21)27(34)35-3)26-20(9-14)22(33)11-24(36-26)32-12-16-4-5-18(29)10-17(16)13-32/h4-11,15,30H,12-13H2,1-3H3/t15-/m1/s1. The smallest absolute Gasteiger partial charge is 0.358 e. The topological polar surface area (TPSA) is 84.7 Å². The molecule has 1 aliphatic heterocycles. The van der Waals surface area contributed by atoms with E-state index in [4.69, 9.17) is 20.8 Å². The molecule has 0 unspecified atom stereocenters. The van der Waals surface area contributed by atoms with Gasteiger partial charge in [-0.3, -0.25) is 4.79 Å². The molecule has 7 nitrogen and oxygen atoms in total. The lowest BCUT2D eigenvalue weighted by Crippen LogP contribution is -2.18. The van der Waals surface area contributed by atoms with Crippen molar-refractivity contribution >= 4 is 40.1 Å². The van der Waals surface area contributed by atoms with Crippen LogP contribution in [-0.2, 0) is 17.8 Å². The van der Waals surface area contributed by atoms with Crippen molar-refractivity contribution in [3.63, 3.8) is 0 Å². The number of pyridine rings is 1. The van der Waals surface area contributed by atoms with E-state index in [-0.39, 0.29) is 28.1 Å². The largest absolute Gasteiger partial charge is 0.464 e. The number of benzene rings is 2. The number of esters is 1. The summed E-state index contributed by atoms with van der Waals surface area (Å²) in [6.07, 6.45) is 0. The number of ether oxygens (including phenoxy) is 1. The van der Waals surface area contributed by atoms with Gasteiger partial charge in [-0.2, -0.15) is 0 Å². The van der Waals surface area contributed by atoms with Gasteiger partial charge in [-0.05, 0) is 60.9 Å². The number of aryl methyl sites for hydroxylation is 1. The van der Waals surface area contributed by atoms with Crippen LogP contribution in [-0.4, -0.2) is 18.1 Å². The van der Waals surface area contributed by atoms with Crippen molar-refractivity contribution in [1.29, 1.82) is 0 Å². The quantitative estimate of drug-likeness (QED) is 0.271. The highest BCUT2D eigenvalue weighted by atomic mass is 35.5. The third-order valence-electron chi connectivity index (χ3n) is 6.27. The number of carbonyl (C=O) groups excluding carboxylic acids is 1. The third-order valence-corrected chi connectivity index (χ3v) is 6.48. The highest BCUT2D eigenvalue weighted by Crippen LogP contribution is 2.33. The molecule has 36 heavy (non-hydrogen) atoms. The SMILES string of the molecule is COC(=O)c1nc(Cl)ccc1N[C@H](C)c1cc(C)cc2c(=O)cc(N3Cc4ccc(F)cc4C3)oc12. The second kappa shape index (κ2) is 9.28. The minimum atomic E-state index is -0.625. The van der Waals surface area contributed by atoms with E-state index in [0.717, 1.165) is 22.3 Å². The number of methoxy groups -OCH3 is 1. The van der Waals surface area contributed by atoms with Gasteiger partial charge in [0.2, 0.25) is 5.88 Å². The van der Waals surface area contributed by atoms with Gasteiger partial charge in [0.05, 0.1) is 24.2 Å². The van der Waals surface area contributed by atoms with Crippen molar-refractivity contribution < 1.29 is 18.3 Å². The van der Waals surface area contributed by atoms with Crippen LogP contribution in [0.4, 0.5) is 16.0 Å². The maximum Gasteiger partial charge on any atom is 0.358 e. The van der Waals surface area contributed by atoms with E-state index in [9.17, 15) is 14.0 Å². The second-order valence-electron chi connectivity index (χ2n) is 8.84. The Balaban J connectivity index is 1.55. The zero-order chi connectivity index (χ0) is 25.6. The van der Waals surface area contributed by atoms with Gasteiger partial charge in [0.25, 0.3) is 0 Å². The lowest BCUT2D eigenvalue weighted by atomic mass is 10.0. The summed E-state index contributed by atoms with van der Waals surface area (Å²) in [6.45, 7) is 4.75. The summed E-state index contributed by atoms with van der Waals surface area (Å²) in [6, 6.07) is 12.7. The number of hydrogen-bond donors (Lipinski definition) is 1. The Kier molecular flexibility index (Phi) is 6.14. The number of fused-ring (bicyclic) bond motifs is 2. The molecule has 2 aromatic carbocycles. The maximum atomic E-state index is 13.7. The van der Waals surface area contributed by atoms with Crippen molar-refractivity contribution in [3.05, 3.63) is 97.7 Å². The molecule has 0 fully saturated rings. The van der Waals surface area contributed by atoms with Crippen LogP contribution >= 0.6 is 11.6 Å². The van der Waals surface area contributed by atoms with Crippen LogP contribution in [0.1, 0.15) is 45.7 Å². The van der Waals surface area contributed by atoms with Crippen molar-refractivity contribution in [1.82, 2.24) is 4.98 Å². The summed E-state index contributed by atoms with van der Waals surface area (Å²) in [5.41, 5.74) is 4.23. The lowest BCUT2D eigenvalue weighted by molar-refractivity contribution is 0.0595. The minimum Gasteiger partial charge on any atom is -0.464 e. The average Bonchev–Trinajstić information content (AvgIpc) is 3.27. The molecule has 1 aliphatic rings. The van der Waals surface area contributed by atoms with Crippen molar-refractivity contribution in [3.8, 4) is 0 Å². The van der Waals surface area contributed by atoms with Crippen molar-refractivity contribution in [2.45, 2.75) is 33.0 Å². The predicted octanol–water partition coefficient (Wildman–Crippen LogP) is 5.77. The predicted molar refractivity (Wildman–Crippen MR) is 136 cm³/mol. The van der Waals surface area contributed by atoms with Crippen molar-refractivity contribution in [2.24, 2.45) is 0 Å². The molecular formula is C27H23ClFN3O4. The van der Waals surface area contributed by atoms with Crippen LogP contribution in [0.25, 0.3) is 11.0 Å². The number of nitrogens with zero attached hydrogens (tertiary/aromatic N) is 2. The molecule has 0 bridgehead atoms. The van der Waals surface area contributed by atoms with Gasteiger partial charge < -0.3 is 19.4 Å². The summed E-state index contributed by atoms with van der Waals surface area (Å²) in [5.74, 6) is -0.513. The van der Waals surface area contributed by atoms with Gasteiger partial charge >= 0.3 is 5.97 Å². The Morgan fingerprint density at radius 3 is 2.72 bits per heavy atom. The normalized spacial score (nSPS) is 13.5. The number of aromatic nitrogens is 1. The van der Waals surface area contributed by atoms with Gasteiger partial charge in [0, 0.05) is 24.7 Å². The van der Waals surface area contributed by atoms with E-state index < -0.39 is 5.97 Å². The molecular weight excluding hydrogens is 485 g/mol. The second-order valence-corrected chi connectivity index (χ2v) is 9.22. The van der Waals surface area contributed by atoms with Crippen LogP contribution in [0.3, 0.4) is 0 Å². The number of hydrogen-bond acceptors (Lipinski definition) is 7. The number of anilines is 2. The fourth-order valence-electron chi connectivity index (χ4n) is 4.53. The number of rotatable bonds is 5. The molecule has 0 saturated carbocycles. The Labute approximate surface area is 211 Å². The first-order valence-electron chi connectivity index (χ1n) is 11.4. The first-order chi connectivity index (χ1) is 17.2. The zero-order valence-electron chi connectivity index (χ0n) is 19.9. The van der Waals surface area contributed by atoms with E-state index in [1.54, 1.807) is 24.3 Å². The highest BCUT2D eigenvalue weighted by Gasteiger charge is 2.24. The summed E-state index contributed by atoms with van der Waals surface area (Å²) >= 11 is 5.99. The molecule has 2 aromatic heterocycles. The lowest BCUT2D eigenvalue weighted by Gasteiger charge is -2.21. The van der Waals surface area contributed by atoms with Crippen LogP contribution in [0, 0.1) is 12.7 Å². The fraction of sp³-hybridized carbons (Fsp3) is 0.222. The van der Waals surface area contributed by atoms with Gasteiger partial charge in [-0.1, -0.05) is 23.7 Å². The molecule has 0 amide bonds. The summed E-state index contributed by atoms with van der Waals surface area (Å²) in [7, 11) is 1.27.